The molecule has 1 N–H and O–H groups in total. The van der Waals surface area contributed by atoms with Gasteiger partial charge in [-0.1, -0.05) is 6.92 Å². The minimum atomic E-state index is 0.409. The molecule has 2 heterocycles. The first-order chi connectivity index (χ1) is 9.66. The molecular weight excluding hydrogens is 268 g/mol. The average Bonchev–Trinajstić information content (AvgIpc) is 3.04. The topological polar surface area (TPSA) is 42.7 Å². The summed E-state index contributed by atoms with van der Waals surface area (Å²) in [5, 5.41) is 11.4. The van der Waals surface area contributed by atoms with E-state index >= 15 is 0 Å². The van der Waals surface area contributed by atoms with Crippen molar-refractivity contribution in [2.45, 2.75) is 52.6 Å². The van der Waals surface area contributed by atoms with E-state index in [-0.39, 0.29) is 0 Å². The molecule has 20 heavy (non-hydrogen) atoms. The Labute approximate surface area is 125 Å². The van der Waals surface area contributed by atoms with Crippen molar-refractivity contribution in [3.8, 4) is 0 Å². The number of rotatable bonds is 7. The van der Waals surface area contributed by atoms with E-state index in [4.69, 9.17) is 0 Å². The minimum absolute atomic E-state index is 0.409. The van der Waals surface area contributed by atoms with Gasteiger partial charge in [0, 0.05) is 42.2 Å². The number of nitrogens with one attached hydrogen (secondary N) is 1. The highest BCUT2D eigenvalue weighted by molar-refractivity contribution is 7.09. The smallest absolute Gasteiger partial charge is 0.0943 e. The predicted octanol–water partition coefficient (Wildman–Crippen LogP) is 2.60. The Morgan fingerprint density at radius 1 is 1.35 bits per heavy atom. The first-order valence-electron chi connectivity index (χ1n) is 7.30. The highest BCUT2D eigenvalue weighted by Crippen LogP contribution is 2.14. The maximum absolute atomic E-state index is 4.62. The lowest BCUT2D eigenvalue weighted by Gasteiger charge is -2.15. The fraction of sp³-hybridized carbons (Fsp3) is 0.600. The summed E-state index contributed by atoms with van der Waals surface area (Å²) in [7, 11) is 2.03. The lowest BCUT2D eigenvalue weighted by molar-refractivity contribution is 0.518. The SMILES string of the molecule is CCc1cc(CC(Cc2nc(C)cs2)NC)n(CC)n1. The van der Waals surface area contributed by atoms with Gasteiger partial charge in [0.25, 0.3) is 0 Å². The highest BCUT2D eigenvalue weighted by Gasteiger charge is 2.14. The van der Waals surface area contributed by atoms with E-state index in [1.165, 1.54) is 16.4 Å². The van der Waals surface area contributed by atoms with Gasteiger partial charge in [0.05, 0.1) is 10.7 Å². The molecule has 0 amide bonds. The summed E-state index contributed by atoms with van der Waals surface area (Å²) in [6, 6.07) is 2.65. The van der Waals surface area contributed by atoms with Crippen molar-refractivity contribution in [1.82, 2.24) is 20.1 Å². The van der Waals surface area contributed by atoms with Gasteiger partial charge in [0.1, 0.15) is 0 Å². The molecule has 2 aromatic rings. The van der Waals surface area contributed by atoms with Gasteiger partial charge in [-0.15, -0.1) is 11.3 Å². The maximum Gasteiger partial charge on any atom is 0.0943 e. The van der Waals surface area contributed by atoms with Gasteiger partial charge < -0.3 is 5.32 Å². The molecule has 4 nitrogen and oxygen atoms in total. The largest absolute Gasteiger partial charge is 0.316 e. The Kier molecular flexibility index (Phi) is 5.31. The van der Waals surface area contributed by atoms with Crippen molar-refractivity contribution in [3.63, 3.8) is 0 Å². The number of hydrogen-bond acceptors (Lipinski definition) is 4. The Bertz CT molecular complexity index is 544. The van der Waals surface area contributed by atoms with Crippen LogP contribution in [0.2, 0.25) is 0 Å². The minimum Gasteiger partial charge on any atom is -0.316 e. The number of aromatic nitrogens is 3. The molecule has 0 spiro atoms. The Morgan fingerprint density at radius 2 is 2.15 bits per heavy atom. The lowest BCUT2D eigenvalue weighted by atomic mass is 10.1. The number of nitrogens with zero attached hydrogens (tertiary/aromatic N) is 3. The third kappa shape index (κ3) is 3.67. The maximum atomic E-state index is 4.62. The van der Waals surface area contributed by atoms with Gasteiger partial charge in [-0.2, -0.15) is 5.10 Å². The molecule has 0 saturated heterocycles. The fourth-order valence-electron chi connectivity index (χ4n) is 2.36. The van der Waals surface area contributed by atoms with Crippen LogP contribution in [0.25, 0.3) is 0 Å². The molecule has 5 heteroatoms. The zero-order chi connectivity index (χ0) is 14.5. The van der Waals surface area contributed by atoms with E-state index in [9.17, 15) is 0 Å². The predicted molar refractivity (Wildman–Crippen MR) is 84.4 cm³/mol. The molecule has 0 radical (unpaired) electrons. The van der Waals surface area contributed by atoms with Crippen LogP contribution in [0.1, 0.15) is 35.9 Å². The zero-order valence-corrected chi connectivity index (χ0v) is 13.6. The molecular formula is C15H24N4S. The molecule has 0 aliphatic heterocycles. The highest BCUT2D eigenvalue weighted by atomic mass is 32.1. The third-order valence-corrected chi connectivity index (χ3v) is 4.52. The summed E-state index contributed by atoms with van der Waals surface area (Å²) in [6.45, 7) is 7.28. The Balaban J connectivity index is 2.07. The van der Waals surface area contributed by atoms with E-state index in [0.29, 0.717) is 6.04 Å². The van der Waals surface area contributed by atoms with Gasteiger partial charge in [0.2, 0.25) is 0 Å². The Hall–Kier alpha value is -1.20. The molecule has 0 saturated carbocycles. The van der Waals surface area contributed by atoms with Gasteiger partial charge in [-0.3, -0.25) is 4.68 Å². The molecule has 0 bridgehead atoms. The molecule has 1 atom stereocenters. The second-order valence-electron chi connectivity index (χ2n) is 5.07. The lowest BCUT2D eigenvalue weighted by Crippen LogP contribution is -2.30. The van der Waals surface area contributed by atoms with Crippen molar-refractivity contribution >= 4 is 11.3 Å². The van der Waals surface area contributed by atoms with Crippen molar-refractivity contribution in [1.29, 1.82) is 0 Å². The van der Waals surface area contributed by atoms with Crippen molar-refractivity contribution in [2.75, 3.05) is 7.05 Å². The normalized spacial score (nSPS) is 12.8. The van der Waals surface area contributed by atoms with Crippen molar-refractivity contribution in [3.05, 3.63) is 33.5 Å². The molecule has 0 aliphatic carbocycles. The average molecular weight is 292 g/mol. The van der Waals surface area contributed by atoms with Crippen molar-refractivity contribution in [2.24, 2.45) is 0 Å². The summed E-state index contributed by atoms with van der Waals surface area (Å²) in [5.74, 6) is 0. The molecule has 0 aliphatic rings. The first-order valence-corrected chi connectivity index (χ1v) is 8.18. The van der Waals surface area contributed by atoms with Crippen LogP contribution in [0, 0.1) is 6.92 Å². The van der Waals surface area contributed by atoms with Gasteiger partial charge in [0.15, 0.2) is 0 Å². The van der Waals surface area contributed by atoms with E-state index in [1.807, 2.05) is 14.0 Å². The monoisotopic (exact) mass is 292 g/mol. The van der Waals surface area contributed by atoms with Crippen LogP contribution in [0.4, 0.5) is 0 Å². The van der Waals surface area contributed by atoms with Crippen LogP contribution in [0.5, 0.6) is 0 Å². The molecule has 2 aromatic heterocycles. The van der Waals surface area contributed by atoms with Crippen LogP contribution in [-0.4, -0.2) is 27.9 Å². The van der Waals surface area contributed by atoms with Crippen LogP contribution >= 0.6 is 11.3 Å². The molecule has 0 aromatic carbocycles. The molecule has 0 fully saturated rings. The van der Waals surface area contributed by atoms with Crippen LogP contribution in [0.15, 0.2) is 11.4 Å². The standard InChI is InChI=1S/C15H24N4S/c1-5-12-7-14(19(6-2)18-12)8-13(16-4)9-15-17-11(3)10-20-15/h7,10,13,16H,5-6,8-9H2,1-4H3. The summed E-state index contributed by atoms with van der Waals surface area (Å²) in [5.41, 5.74) is 3.62. The van der Waals surface area contributed by atoms with E-state index < -0.39 is 0 Å². The number of hydrogen-bond donors (Lipinski definition) is 1. The van der Waals surface area contributed by atoms with Crippen molar-refractivity contribution < 1.29 is 0 Å². The second-order valence-corrected chi connectivity index (χ2v) is 6.02. The molecule has 110 valence electrons. The zero-order valence-electron chi connectivity index (χ0n) is 12.8. The number of thiazole rings is 1. The first kappa shape index (κ1) is 15.2. The third-order valence-electron chi connectivity index (χ3n) is 3.53. The van der Waals surface area contributed by atoms with E-state index in [1.54, 1.807) is 11.3 Å². The molecule has 2 rings (SSSR count). The van der Waals surface area contributed by atoms with Gasteiger partial charge in [-0.05, 0) is 33.4 Å². The number of likely N-dealkylation sites (N-methyl/N-ethyl adjacent to an activating group) is 1. The van der Waals surface area contributed by atoms with E-state index in [0.717, 1.165) is 31.5 Å². The summed E-state index contributed by atoms with van der Waals surface area (Å²) in [6.07, 6.45) is 2.97. The second kappa shape index (κ2) is 6.99. The summed E-state index contributed by atoms with van der Waals surface area (Å²) < 4.78 is 2.12. The van der Waals surface area contributed by atoms with Gasteiger partial charge in [-0.25, -0.2) is 4.98 Å². The summed E-state index contributed by atoms with van der Waals surface area (Å²) >= 11 is 1.75. The van der Waals surface area contributed by atoms with Crippen LogP contribution in [0.3, 0.4) is 0 Å². The van der Waals surface area contributed by atoms with Gasteiger partial charge >= 0.3 is 0 Å². The number of aryl methyl sites for hydroxylation is 3. The molecule has 1 unspecified atom stereocenters. The summed E-state index contributed by atoms with van der Waals surface area (Å²) in [4.78, 5) is 4.56. The quantitative estimate of drug-likeness (QED) is 0.853. The van der Waals surface area contributed by atoms with Crippen LogP contribution < -0.4 is 5.32 Å². The Morgan fingerprint density at radius 3 is 2.70 bits per heavy atom. The van der Waals surface area contributed by atoms with Crippen LogP contribution in [-0.2, 0) is 25.8 Å². The fourth-order valence-corrected chi connectivity index (χ4v) is 3.22. The van der Waals surface area contributed by atoms with E-state index in [2.05, 4.69) is 45.4 Å².